The van der Waals surface area contributed by atoms with E-state index in [1.54, 1.807) is 0 Å². The molecule has 0 aromatic rings. The first-order valence-corrected chi connectivity index (χ1v) is 4.33. The van der Waals surface area contributed by atoms with Gasteiger partial charge >= 0.3 is 0 Å². The van der Waals surface area contributed by atoms with Crippen molar-refractivity contribution < 1.29 is 0 Å². The van der Waals surface area contributed by atoms with Gasteiger partial charge in [-0.05, 0) is 30.9 Å². The molecule has 0 nitrogen and oxygen atoms in total. The highest BCUT2D eigenvalue weighted by atomic mass is 13.9. The molecule has 0 amide bonds. The lowest BCUT2D eigenvalue weighted by Crippen LogP contribution is -1.79. The lowest BCUT2D eigenvalue weighted by atomic mass is 10.1. The van der Waals surface area contributed by atoms with Gasteiger partial charge in [0, 0.05) is 0 Å². The number of hydrogen-bond donors (Lipinski definition) is 0. The van der Waals surface area contributed by atoms with E-state index in [-0.39, 0.29) is 0 Å². The molecule has 0 aromatic heterocycles. The van der Waals surface area contributed by atoms with Gasteiger partial charge in [0.25, 0.3) is 0 Å². The SMILES string of the molecule is CCC=CC=C=CCC(C)C. The van der Waals surface area contributed by atoms with E-state index < -0.39 is 0 Å². The van der Waals surface area contributed by atoms with Gasteiger partial charge in [0.2, 0.25) is 0 Å². The predicted octanol–water partition coefficient (Wildman–Crippen LogP) is 3.71. The molecule has 0 N–H and O–H groups in total. The van der Waals surface area contributed by atoms with Crippen molar-refractivity contribution in [3.8, 4) is 0 Å². The molecule has 0 bridgehead atoms. The lowest BCUT2D eigenvalue weighted by molar-refractivity contribution is 0.664. The van der Waals surface area contributed by atoms with Gasteiger partial charge in [0.05, 0.1) is 0 Å². The van der Waals surface area contributed by atoms with Crippen molar-refractivity contribution in [1.82, 2.24) is 0 Å². The minimum Gasteiger partial charge on any atom is -0.125 e. The molecule has 0 saturated carbocycles. The fourth-order valence-electron chi connectivity index (χ4n) is 0.631. The molecule has 0 unspecified atom stereocenters. The van der Waals surface area contributed by atoms with E-state index in [1.807, 2.05) is 12.2 Å². The minimum absolute atomic E-state index is 0.742. The topological polar surface area (TPSA) is 0 Å². The zero-order valence-corrected chi connectivity index (χ0v) is 7.80. The molecule has 0 aliphatic carbocycles. The summed E-state index contributed by atoms with van der Waals surface area (Å²) in [6.45, 7) is 6.54. The summed E-state index contributed by atoms with van der Waals surface area (Å²) >= 11 is 0. The second-order valence-electron chi connectivity index (χ2n) is 3.00. The molecule has 0 aliphatic rings. The van der Waals surface area contributed by atoms with Gasteiger partial charge in [0.15, 0.2) is 0 Å². The van der Waals surface area contributed by atoms with Gasteiger partial charge in [0.1, 0.15) is 0 Å². The summed E-state index contributed by atoms with van der Waals surface area (Å²) in [6, 6.07) is 0. The minimum atomic E-state index is 0.742. The first-order valence-electron chi connectivity index (χ1n) is 4.33. The molecule has 0 rings (SSSR count). The Balaban J connectivity index is 3.55. The van der Waals surface area contributed by atoms with E-state index in [0.717, 1.165) is 18.8 Å². The van der Waals surface area contributed by atoms with Crippen LogP contribution < -0.4 is 0 Å². The molecule has 0 fully saturated rings. The molecular weight excluding hydrogens is 132 g/mol. The van der Waals surface area contributed by atoms with Crippen LogP contribution in [0.4, 0.5) is 0 Å². The summed E-state index contributed by atoms with van der Waals surface area (Å²) in [4.78, 5) is 0. The lowest BCUT2D eigenvalue weighted by Gasteiger charge is -1.92. The molecule has 11 heavy (non-hydrogen) atoms. The van der Waals surface area contributed by atoms with Gasteiger partial charge in [-0.15, -0.1) is 5.73 Å². The van der Waals surface area contributed by atoms with Crippen LogP contribution in [0.1, 0.15) is 33.6 Å². The molecule has 0 heterocycles. The van der Waals surface area contributed by atoms with E-state index in [2.05, 4.69) is 38.7 Å². The first kappa shape index (κ1) is 10.3. The second kappa shape index (κ2) is 7.37. The average Bonchev–Trinajstić information content (AvgIpc) is 1.96. The van der Waals surface area contributed by atoms with Gasteiger partial charge in [-0.3, -0.25) is 0 Å². The Labute approximate surface area is 70.3 Å². The summed E-state index contributed by atoms with van der Waals surface area (Å²) in [6.07, 6.45) is 10.4. The molecular formula is C11H18. The van der Waals surface area contributed by atoms with E-state index in [0.29, 0.717) is 0 Å². The average molecular weight is 150 g/mol. The van der Waals surface area contributed by atoms with Crippen molar-refractivity contribution in [2.75, 3.05) is 0 Å². The van der Waals surface area contributed by atoms with Crippen LogP contribution in [0.3, 0.4) is 0 Å². The maximum Gasteiger partial charge on any atom is -0.0206 e. The summed E-state index contributed by atoms with van der Waals surface area (Å²) in [5.74, 6) is 0.742. The molecule has 62 valence electrons. The summed E-state index contributed by atoms with van der Waals surface area (Å²) in [5.41, 5.74) is 3.11. The largest absolute Gasteiger partial charge is 0.125 e. The fraction of sp³-hybridized carbons (Fsp3) is 0.545. The highest BCUT2D eigenvalue weighted by Gasteiger charge is 1.84. The van der Waals surface area contributed by atoms with Crippen LogP contribution in [0.5, 0.6) is 0 Å². The van der Waals surface area contributed by atoms with Crippen LogP contribution in [0.15, 0.2) is 30.0 Å². The van der Waals surface area contributed by atoms with Crippen LogP contribution in [0.2, 0.25) is 0 Å². The third kappa shape index (κ3) is 9.26. The Hall–Kier alpha value is -0.740. The fourth-order valence-corrected chi connectivity index (χ4v) is 0.631. The predicted molar refractivity (Wildman–Crippen MR) is 51.5 cm³/mol. The number of allylic oxidation sites excluding steroid dienone is 3. The molecule has 0 spiro atoms. The maximum absolute atomic E-state index is 3.11. The Morgan fingerprint density at radius 1 is 1.36 bits per heavy atom. The molecule has 0 radical (unpaired) electrons. The Kier molecular flexibility index (Phi) is 6.87. The third-order valence-electron chi connectivity index (χ3n) is 1.27. The standard InChI is InChI=1S/C11H18/c1-4-5-6-7-8-9-10-11(2)3/h5-7,9,11H,4,10H2,1-3H3. The molecule has 0 heteroatoms. The van der Waals surface area contributed by atoms with Crippen LogP contribution in [-0.4, -0.2) is 0 Å². The van der Waals surface area contributed by atoms with E-state index >= 15 is 0 Å². The van der Waals surface area contributed by atoms with Gasteiger partial charge in [-0.25, -0.2) is 0 Å². The quantitative estimate of drug-likeness (QED) is 0.423. The second-order valence-corrected chi connectivity index (χ2v) is 3.00. The Bertz CT molecular complexity index is 155. The van der Waals surface area contributed by atoms with Crippen molar-refractivity contribution in [3.05, 3.63) is 30.0 Å². The monoisotopic (exact) mass is 150 g/mol. The third-order valence-corrected chi connectivity index (χ3v) is 1.27. The Morgan fingerprint density at radius 2 is 2.09 bits per heavy atom. The number of rotatable bonds is 4. The highest BCUT2D eigenvalue weighted by molar-refractivity contribution is 5.01. The summed E-state index contributed by atoms with van der Waals surface area (Å²) < 4.78 is 0. The van der Waals surface area contributed by atoms with E-state index in [1.165, 1.54) is 0 Å². The van der Waals surface area contributed by atoms with Crippen molar-refractivity contribution in [1.29, 1.82) is 0 Å². The van der Waals surface area contributed by atoms with E-state index in [4.69, 9.17) is 0 Å². The molecule has 0 aromatic carbocycles. The van der Waals surface area contributed by atoms with Gasteiger partial charge in [-0.1, -0.05) is 32.9 Å². The zero-order valence-electron chi connectivity index (χ0n) is 7.80. The van der Waals surface area contributed by atoms with Crippen LogP contribution >= 0.6 is 0 Å². The van der Waals surface area contributed by atoms with Crippen molar-refractivity contribution in [2.45, 2.75) is 33.6 Å². The van der Waals surface area contributed by atoms with E-state index in [9.17, 15) is 0 Å². The first-order chi connectivity index (χ1) is 5.27. The molecule has 0 saturated heterocycles. The normalized spacial score (nSPS) is 10.2. The van der Waals surface area contributed by atoms with Crippen LogP contribution in [0.25, 0.3) is 0 Å². The molecule has 0 atom stereocenters. The number of hydrogen-bond acceptors (Lipinski definition) is 0. The van der Waals surface area contributed by atoms with Crippen molar-refractivity contribution >= 4 is 0 Å². The van der Waals surface area contributed by atoms with Crippen molar-refractivity contribution in [3.63, 3.8) is 0 Å². The van der Waals surface area contributed by atoms with Crippen LogP contribution in [-0.2, 0) is 0 Å². The highest BCUT2D eigenvalue weighted by Crippen LogP contribution is 1.98. The molecule has 0 aliphatic heterocycles. The zero-order chi connectivity index (χ0) is 8.53. The summed E-state index contributed by atoms with van der Waals surface area (Å²) in [7, 11) is 0. The van der Waals surface area contributed by atoms with Gasteiger partial charge < -0.3 is 0 Å². The smallest absolute Gasteiger partial charge is 0.0206 e. The Morgan fingerprint density at radius 3 is 2.64 bits per heavy atom. The van der Waals surface area contributed by atoms with Crippen LogP contribution in [0, 0.1) is 5.92 Å². The van der Waals surface area contributed by atoms with Crippen molar-refractivity contribution in [2.24, 2.45) is 5.92 Å². The summed E-state index contributed by atoms with van der Waals surface area (Å²) in [5, 5.41) is 0. The van der Waals surface area contributed by atoms with Gasteiger partial charge in [-0.2, -0.15) is 0 Å². The maximum atomic E-state index is 3.11.